The van der Waals surface area contributed by atoms with E-state index in [1.54, 1.807) is 12.1 Å². The molecule has 2 unspecified atom stereocenters. The van der Waals surface area contributed by atoms with Crippen molar-refractivity contribution in [2.45, 2.75) is 31.5 Å². The van der Waals surface area contributed by atoms with Crippen molar-refractivity contribution in [3.8, 4) is 0 Å². The maximum atomic E-state index is 14.0. The molecule has 10 heteroatoms. The Morgan fingerprint density at radius 1 is 0.841 bits per heavy atom. The predicted octanol–water partition coefficient (Wildman–Crippen LogP) is 2.90. The Hall–Kier alpha value is -3.92. The molecule has 3 aliphatic rings. The van der Waals surface area contributed by atoms with Crippen molar-refractivity contribution in [2.24, 2.45) is 0 Å². The Balaban J connectivity index is 1.13. The fourth-order valence-electron chi connectivity index (χ4n) is 6.22. The lowest BCUT2D eigenvalue weighted by atomic mass is 9.95. The second-order valence-corrected chi connectivity index (χ2v) is 12.0. The Morgan fingerprint density at radius 3 is 2.27 bits per heavy atom. The maximum absolute atomic E-state index is 14.0. The van der Waals surface area contributed by atoms with Crippen LogP contribution in [0.25, 0.3) is 0 Å². The Kier molecular flexibility index (Phi) is 9.45. The molecule has 0 bridgehead atoms. The lowest BCUT2D eigenvalue weighted by molar-refractivity contribution is -0.137. The van der Waals surface area contributed by atoms with E-state index in [1.807, 2.05) is 58.3 Å². The van der Waals surface area contributed by atoms with Gasteiger partial charge in [0.05, 0.1) is 24.8 Å². The van der Waals surface area contributed by atoms with Crippen LogP contribution in [0.4, 0.5) is 5.69 Å². The average Bonchev–Trinajstić information content (AvgIpc) is 3.08. The van der Waals surface area contributed by atoms with Crippen LogP contribution in [0.3, 0.4) is 0 Å². The summed E-state index contributed by atoms with van der Waals surface area (Å²) in [6, 6.07) is 22.1. The van der Waals surface area contributed by atoms with Gasteiger partial charge in [-0.25, -0.2) is 0 Å². The van der Waals surface area contributed by atoms with E-state index in [9.17, 15) is 14.4 Å². The third-order valence-corrected chi connectivity index (χ3v) is 8.98. The summed E-state index contributed by atoms with van der Waals surface area (Å²) < 4.78 is 5.42. The minimum atomic E-state index is -0.718. The fraction of sp³-hybridized carbons (Fsp3) is 0.382. The van der Waals surface area contributed by atoms with Gasteiger partial charge in [0.2, 0.25) is 11.8 Å². The second kappa shape index (κ2) is 13.8. The molecular formula is C34H38ClN5O4. The molecule has 6 rings (SSSR count). The molecule has 3 aliphatic heterocycles. The van der Waals surface area contributed by atoms with Crippen molar-refractivity contribution in [1.29, 1.82) is 0 Å². The van der Waals surface area contributed by atoms with E-state index in [2.05, 4.69) is 27.7 Å². The molecule has 2 N–H and O–H groups in total. The second-order valence-electron chi connectivity index (χ2n) is 11.5. The zero-order valence-electron chi connectivity index (χ0n) is 24.7. The SMILES string of the molecule is O=C(NC(Cc1ccc(Cl)cc1)C(=O)N1CCN(c2ccccc2C(=O)N2CCOCC2)CC1)C1Cc2ccccc2CN1. The molecule has 2 fully saturated rings. The molecule has 2 atom stereocenters. The first-order valence-corrected chi connectivity index (χ1v) is 15.7. The molecule has 0 aliphatic carbocycles. The highest BCUT2D eigenvalue weighted by Gasteiger charge is 2.33. The summed E-state index contributed by atoms with van der Waals surface area (Å²) >= 11 is 6.11. The van der Waals surface area contributed by atoms with E-state index >= 15 is 0 Å². The van der Waals surface area contributed by atoms with E-state index in [4.69, 9.17) is 16.3 Å². The number of morpholine rings is 1. The molecule has 3 amide bonds. The van der Waals surface area contributed by atoms with Gasteiger partial charge in [-0.05, 0) is 47.4 Å². The lowest BCUT2D eigenvalue weighted by Crippen LogP contribution is -2.58. The quantitative estimate of drug-likeness (QED) is 0.425. The summed E-state index contributed by atoms with van der Waals surface area (Å²) in [5.41, 5.74) is 4.81. The highest BCUT2D eigenvalue weighted by molar-refractivity contribution is 6.30. The smallest absolute Gasteiger partial charge is 0.256 e. The number of hydrogen-bond donors (Lipinski definition) is 2. The van der Waals surface area contributed by atoms with Crippen LogP contribution in [0.5, 0.6) is 0 Å². The number of piperazine rings is 1. The molecule has 44 heavy (non-hydrogen) atoms. The van der Waals surface area contributed by atoms with Gasteiger partial charge in [0, 0.05) is 62.9 Å². The average molecular weight is 616 g/mol. The number of anilines is 1. The molecule has 3 heterocycles. The van der Waals surface area contributed by atoms with Crippen LogP contribution in [0.2, 0.25) is 5.02 Å². The third kappa shape index (κ3) is 6.90. The van der Waals surface area contributed by atoms with E-state index in [1.165, 1.54) is 5.56 Å². The molecule has 2 saturated heterocycles. The largest absolute Gasteiger partial charge is 0.378 e. The fourth-order valence-corrected chi connectivity index (χ4v) is 6.35. The first-order chi connectivity index (χ1) is 21.5. The van der Waals surface area contributed by atoms with Crippen LogP contribution < -0.4 is 15.5 Å². The number of amides is 3. The van der Waals surface area contributed by atoms with Gasteiger partial charge in [-0.3, -0.25) is 14.4 Å². The minimum absolute atomic E-state index is 0.00657. The summed E-state index contributed by atoms with van der Waals surface area (Å²) in [5, 5.41) is 7.03. The molecule has 0 spiro atoms. The normalized spacial score (nSPS) is 19.2. The Labute approximate surface area is 263 Å². The van der Waals surface area contributed by atoms with Crippen molar-refractivity contribution in [1.82, 2.24) is 20.4 Å². The van der Waals surface area contributed by atoms with Gasteiger partial charge in [-0.2, -0.15) is 0 Å². The van der Waals surface area contributed by atoms with E-state index in [0.29, 0.717) is 82.5 Å². The van der Waals surface area contributed by atoms with Gasteiger partial charge in [-0.1, -0.05) is 60.1 Å². The first kappa shape index (κ1) is 30.1. The number of halogens is 1. The van der Waals surface area contributed by atoms with Crippen LogP contribution in [0.15, 0.2) is 72.8 Å². The first-order valence-electron chi connectivity index (χ1n) is 15.3. The number of carbonyl (C=O) groups is 3. The van der Waals surface area contributed by atoms with Crippen LogP contribution in [0, 0.1) is 0 Å². The number of nitrogens with zero attached hydrogens (tertiary/aromatic N) is 3. The Bertz CT molecular complexity index is 1480. The number of rotatable bonds is 7. The van der Waals surface area contributed by atoms with Crippen molar-refractivity contribution in [3.05, 3.63) is 100 Å². The van der Waals surface area contributed by atoms with Gasteiger partial charge in [-0.15, -0.1) is 0 Å². The van der Waals surface area contributed by atoms with Crippen LogP contribution in [0.1, 0.15) is 27.0 Å². The summed E-state index contributed by atoms with van der Waals surface area (Å²) in [7, 11) is 0. The number of para-hydroxylation sites is 1. The zero-order valence-corrected chi connectivity index (χ0v) is 25.5. The lowest BCUT2D eigenvalue weighted by Gasteiger charge is -2.39. The number of ether oxygens (including phenoxy) is 1. The van der Waals surface area contributed by atoms with Crippen LogP contribution in [-0.2, 0) is 33.7 Å². The maximum Gasteiger partial charge on any atom is 0.256 e. The van der Waals surface area contributed by atoms with Crippen LogP contribution >= 0.6 is 11.6 Å². The molecule has 3 aromatic rings. The molecule has 0 saturated carbocycles. The summed E-state index contributed by atoms with van der Waals surface area (Å²) in [5.74, 6) is -0.282. The van der Waals surface area contributed by atoms with Gasteiger partial charge in [0.1, 0.15) is 6.04 Å². The standard InChI is InChI=1S/C34H38ClN5O4/c35-27-11-9-24(10-12-27)21-30(37-32(41)29-22-25-5-1-2-6-26(25)23-36-29)34(43)39-15-13-38(14-16-39)31-8-4-3-7-28(31)33(42)40-17-19-44-20-18-40/h1-12,29-30,36H,13-23H2,(H,37,41). The van der Waals surface area contributed by atoms with Crippen molar-refractivity contribution in [3.63, 3.8) is 0 Å². The number of benzene rings is 3. The van der Waals surface area contributed by atoms with Gasteiger partial charge >= 0.3 is 0 Å². The Morgan fingerprint density at radius 2 is 1.52 bits per heavy atom. The summed E-state index contributed by atoms with van der Waals surface area (Å²) in [6.07, 6.45) is 0.938. The molecule has 3 aromatic carbocycles. The molecule has 0 aromatic heterocycles. The minimum Gasteiger partial charge on any atom is -0.378 e. The highest BCUT2D eigenvalue weighted by atomic mass is 35.5. The molecule has 230 valence electrons. The van der Waals surface area contributed by atoms with Crippen molar-refractivity contribution in [2.75, 3.05) is 57.4 Å². The van der Waals surface area contributed by atoms with Gasteiger partial charge < -0.3 is 30.1 Å². The van der Waals surface area contributed by atoms with Crippen LogP contribution in [-0.4, -0.2) is 92.1 Å². The monoisotopic (exact) mass is 615 g/mol. The van der Waals surface area contributed by atoms with E-state index in [-0.39, 0.29) is 17.7 Å². The van der Waals surface area contributed by atoms with Gasteiger partial charge in [0.25, 0.3) is 5.91 Å². The number of hydrogen-bond acceptors (Lipinski definition) is 6. The zero-order chi connectivity index (χ0) is 30.5. The number of fused-ring (bicyclic) bond motifs is 1. The summed E-state index contributed by atoms with van der Waals surface area (Å²) in [6.45, 7) is 5.02. The molecular weight excluding hydrogens is 578 g/mol. The topological polar surface area (TPSA) is 94.2 Å². The van der Waals surface area contributed by atoms with E-state index in [0.717, 1.165) is 16.8 Å². The van der Waals surface area contributed by atoms with E-state index < -0.39 is 12.1 Å². The number of carbonyl (C=O) groups excluding carboxylic acids is 3. The number of nitrogens with one attached hydrogen (secondary N) is 2. The summed E-state index contributed by atoms with van der Waals surface area (Å²) in [4.78, 5) is 46.7. The van der Waals surface area contributed by atoms with Crippen molar-refractivity contribution >= 4 is 35.0 Å². The highest BCUT2D eigenvalue weighted by Crippen LogP contribution is 2.25. The van der Waals surface area contributed by atoms with Gasteiger partial charge in [0.15, 0.2) is 0 Å². The predicted molar refractivity (Wildman–Crippen MR) is 170 cm³/mol. The van der Waals surface area contributed by atoms with Crippen molar-refractivity contribution < 1.29 is 19.1 Å². The molecule has 0 radical (unpaired) electrons. The molecule has 9 nitrogen and oxygen atoms in total. The third-order valence-electron chi connectivity index (χ3n) is 8.73.